The first-order chi connectivity index (χ1) is 13.0. The molecule has 3 rings (SSSR count). The van der Waals surface area contributed by atoms with E-state index in [9.17, 15) is 10.1 Å². The normalized spacial score (nSPS) is 23.9. The van der Waals surface area contributed by atoms with Gasteiger partial charge in [0.1, 0.15) is 11.6 Å². The molecule has 0 spiro atoms. The first-order valence-corrected chi connectivity index (χ1v) is 9.90. The van der Waals surface area contributed by atoms with E-state index in [2.05, 4.69) is 36.5 Å². The minimum atomic E-state index is -0.232. The molecule has 1 aromatic rings. The van der Waals surface area contributed by atoms with E-state index in [4.69, 9.17) is 4.74 Å². The highest BCUT2D eigenvalue weighted by Crippen LogP contribution is 2.25. The number of nitriles is 1. The zero-order valence-electron chi connectivity index (χ0n) is 16.5. The fourth-order valence-corrected chi connectivity index (χ4v) is 3.98. The number of ether oxygens (including phenoxy) is 1. The van der Waals surface area contributed by atoms with Crippen molar-refractivity contribution in [2.24, 2.45) is 0 Å². The fourth-order valence-electron chi connectivity index (χ4n) is 3.98. The fraction of sp³-hybridized carbons (Fsp3) is 0.545. The molecule has 27 heavy (non-hydrogen) atoms. The van der Waals surface area contributed by atoms with Crippen molar-refractivity contribution in [1.29, 1.82) is 5.26 Å². The third-order valence-corrected chi connectivity index (χ3v) is 5.41. The highest BCUT2D eigenvalue weighted by molar-refractivity contribution is 5.97. The molecule has 5 heteroatoms. The molecule has 1 amide bonds. The molecule has 5 nitrogen and oxygen atoms in total. The van der Waals surface area contributed by atoms with Gasteiger partial charge in [-0.15, -0.1) is 0 Å². The summed E-state index contributed by atoms with van der Waals surface area (Å²) in [6, 6.07) is 8.72. The number of nitrogens with one attached hydrogen (secondary N) is 1. The molecule has 1 fully saturated rings. The van der Waals surface area contributed by atoms with E-state index in [1.165, 1.54) is 36.0 Å². The molecule has 0 radical (unpaired) electrons. The van der Waals surface area contributed by atoms with Crippen LogP contribution in [0.25, 0.3) is 0 Å². The van der Waals surface area contributed by atoms with Crippen molar-refractivity contribution in [1.82, 2.24) is 10.2 Å². The van der Waals surface area contributed by atoms with Gasteiger partial charge in [0.25, 0.3) is 5.91 Å². The summed E-state index contributed by atoms with van der Waals surface area (Å²) in [5, 5.41) is 12.7. The molecule has 1 heterocycles. The third kappa shape index (κ3) is 4.70. The topological polar surface area (TPSA) is 65.4 Å². The van der Waals surface area contributed by atoms with Gasteiger partial charge in [-0.3, -0.25) is 4.79 Å². The SMILES string of the molecule is CC1CN(C(=O)/C(C#N)=C\NC(C)c2ccc3c(c2)CCCC3)CC(C)O1. The molecule has 1 aliphatic carbocycles. The van der Waals surface area contributed by atoms with Crippen LogP contribution in [0.3, 0.4) is 0 Å². The van der Waals surface area contributed by atoms with E-state index in [0.29, 0.717) is 13.1 Å². The Morgan fingerprint density at radius 2 is 1.93 bits per heavy atom. The Bertz CT molecular complexity index is 755. The van der Waals surface area contributed by atoms with E-state index in [-0.39, 0.29) is 29.7 Å². The molecule has 1 saturated heterocycles. The Labute approximate surface area is 162 Å². The monoisotopic (exact) mass is 367 g/mol. The van der Waals surface area contributed by atoms with E-state index in [0.717, 1.165) is 6.42 Å². The predicted molar refractivity (Wildman–Crippen MR) is 105 cm³/mol. The van der Waals surface area contributed by atoms with Crippen LogP contribution < -0.4 is 5.32 Å². The van der Waals surface area contributed by atoms with Crippen LogP contribution in [0.4, 0.5) is 0 Å². The Kier molecular flexibility index (Phi) is 6.18. The molecule has 3 atom stereocenters. The van der Waals surface area contributed by atoms with Crippen LogP contribution in [-0.4, -0.2) is 36.1 Å². The number of amides is 1. The molecule has 1 N–H and O–H groups in total. The summed E-state index contributed by atoms with van der Waals surface area (Å²) in [4.78, 5) is 14.4. The van der Waals surface area contributed by atoms with Crippen molar-refractivity contribution in [2.75, 3.05) is 13.1 Å². The average molecular weight is 367 g/mol. The maximum Gasteiger partial charge on any atom is 0.266 e. The molecule has 0 bridgehead atoms. The van der Waals surface area contributed by atoms with E-state index < -0.39 is 0 Å². The summed E-state index contributed by atoms with van der Waals surface area (Å²) in [6.07, 6.45) is 6.37. The second-order valence-electron chi connectivity index (χ2n) is 7.76. The molecular weight excluding hydrogens is 338 g/mol. The number of fused-ring (bicyclic) bond motifs is 1. The Balaban J connectivity index is 1.67. The van der Waals surface area contributed by atoms with Crippen LogP contribution >= 0.6 is 0 Å². The number of rotatable bonds is 4. The van der Waals surface area contributed by atoms with Gasteiger partial charge in [0.2, 0.25) is 0 Å². The Hall–Kier alpha value is -2.32. The number of carbonyl (C=O) groups is 1. The molecule has 2 aliphatic rings. The smallest absolute Gasteiger partial charge is 0.266 e. The van der Waals surface area contributed by atoms with Gasteiger partial charge in [0.15, 0.2) is 0 Å². The van der Waals surface area contributed by atoms with Gasteiger partial charge in [-0.05, 0) is 63.1 Å². The molecular formula is C22H29N3O2. The van der Waals surface area contributed by atoms with Crippen LogP contribution in [0.1, 0.15) is 56.3 Å². The lowest BCUT2D eigenvalue weighted by atomic mass is 9.89. The van der Waals surface area contributed by atoms with Crippen LogP contribution in [0.5, 0.6) is 0 Å². The minimum absolute atomic E-state index is 0.0139. The maximum atomic E-state index is 12.7. The number of benzene rings is 1. The highest BCUT2D eigenvalue weighted by atomic mass is 16.5. The van der Waals surface area contributed by atoms with Crippen molar-refractivity contribution in [2.45, 2.75) is 64.7 Å². The molecule has 3 unspecified atom stereocenters. The van der Waals surface area contributed by atoms with Gasteiger partial charge >= 0.3 is 0 Å². The number of nitrogens with zero attached hydrogens (tertiary/aromatic N) is 2. The maximum absolute atomic E-state index is 12.7. The van der Waals surface area contributed by atoms with Crippen LogP contribution in [-0.2, 0) is 22.4 Å². The number of hydrogen-bond donors (Lipinski definition) is 1. The van der Waals surface area contributed by atoms with Crippen LogP contribution in [0.15, 0.2) is 30.0 Å². The van der Waals surface area contributed by atoms with Crippen LogP contribution in [0.2, 0.25) is 0 Å². The van der Waals surface area contributed by atoms with Crippen molar-refractivity contribution in [3.8, 4) is 6.07 Å². The third-order valence-electron chi connectivity index (χ3n) is 5.41. The van der Waals surface area contributed by atoms with Crippen LogP contribution in [0, 0.1) is 11.3 Å². The Morgan fingerprint density at radius 1 is 1.26 bits per heavy atom. The number of carbonyl (C=O) groups excluding carboxylic acids is 1. The number of morpholine rings is 1. The summed E-state index contributed by atoms with van der Waals surface area (Å²) >= 11 is 0. The van der Waals surface area contributed by atoms with Crippen molar-refractivity contribution < 1.29 is 9.53 Å². The van der Waals surface area contributed by atoms with E-state index >= 15 is 0 Å². The molecule has 0 aromatic heterocycles. The first-order valence-electron chi connectivity index (χ1n) is 9.90. The van der Waals surface area contributed by atoms with Gasteiger partial charge in [-0.25, -0.2) is 0 Å². The predicted octanol–water partition coefficient (Wildman–Crippen LogP) is 3.26. The van der Waals surface area contributed by atoms with Crippen molar-refractivity contribution >= 4 is 5.91 Å². The number of aryl methyl sites for hydroxylation is 2. The van der Waals surface area contributed by atoms with Gasteiger partial charge in [-0.2, -0.15) is 5.26 Å². The highest BCUT2D eigenvalue weighted by Gasteiger charge is 2.27. The lowest BCUT2D eigenvalue weighted by molar-refractivity contribution is -0.138. The van der Waals surface area contributed by atoms with E-state index in [1.54, 1.807) is 11.1 Å². The largest absolute Gasteiger partial charge is 0.383 e. The average Bonchev–Trinajstić information content (AvgIpc) is 2.67. The van der Waals surface area contributed by atoms with E-state index in [1.807, 2.05) is 13.8 Å². The second-order valence-corrected chi connectivity index (χ2v) is 7.76. The molecule has 0 saturated carbocycles. The quantitative estimate of drug-likeness (QED) is 0.655. The standard InChI is InChI=1S/C22H29N3O2/c1-15-13-25(14-16(2)27-15)22(26)21(11-23)12-24-17(3)19-9-8-18-6-4-5-7-20(18)10-19/h8-10,12,15-17,24H,4-7,13-14H2,1-3H3/b21-12-. The lowest BCUT2D eigenvalue weighted by Gasteiger charge is -2.35. The zero-order valence-corrected chi connectivity index (χ0v) is 16.5. The lowest BCUT2D eigenvalue weighted by Crippen LogP contribution is -2.48. The summed E-state index contributed by atoms with van der Waals surface area (Å²) in [6.45, 7) is 6.98. The van der Waals surface area contributed by atoms with Gasteiger partial charge in [0.05, 0.1) is 12.2 Å². The Morgan fingerprint density at radius 3 is 2.59 bits per heavy atom. The minimum Gasteiger partial charge on any atom is -0.383 e. The van der Waals surface area contributed by atoms with Crippen molar-refractivity contribution in [3.63, 3.8) is 0 Å². The molecule has 144 valence electrons. The van der Waals surface area contributed by atoms with Gasteiger partial charge in [0, 0.05) is 25.3 Å². The second kappa shape index (κ2) is 8.58. The van der Waals surface area contributed by atoms with Gasteiger partial charge in [-0.1, -0.05) is 18.2 Å². The molecule has 1 aromatic carbocycles. The van der Waals surface area contributed by atoms with Crippen molar-refractivity contribution in [3.05, 3.63) is 46.7 Å². The summed E-state index contributed by atoms with van der Waals surface area (Å²) in [5.74, 6) is -0.232. The summed E-state index contributed by atoms with van der Waals surface area (Å²) in [7, 11) is 0. The van der Waals surface area contributed by atoms with Gasteiger partial charge < -0.3 is 15.0 Å². The molecule has 1 aliphatic heterocycles. The first kappa shape index (κ1) is 19.4. The summed E-state index contributed by atoms with van der Waals surface area (Å²) < 4.78 is 5.67. The summed E-state index contributed by atoms with van der Waals surface area (Å²) in [5.41, 5.74) is 4.21. The number of hydrogen-bond acceptors (Lipinski definition) is 4. The zero-order chi connectivity index (χ0) is 19.4.